The normalized spacial score (nSPS) is 17.9. The number of hydrogen-bond acceptors (Lipinski definition) is 4. The molecule has 1 aliphatic rings. The first-order chi connectivity index (χ1) is 14.0. The van der Waals surface area contributed by atoms with E-state index in [1.165, 1.54) is 6.07 Å². The van der Waals surface area contributed by atoms with E-state index in [1.807, 2.05) is 6.07 Å². The number of benzene rings is 2. The fourth-order valence-corrected chi connectivity index (χ4v) is 5.15. The molecule has 0 saturated carbocycles. The van der Waals surface area contributed by atoms with E-state index >= 15 is 0 Å². The zero-order valence-corrected chi connectivity index (χ0v) is 19.3. The van der Waals surface area contributed by atoms with Crippen molar-refractivity contribution in [2.24, 2.45) is 5.92 Å². The fourth-order valence-electron chi connectivity index (χ4n) is 4.63. The Kier molecular flexibility index (Phi) is 6.35. The van der Waals surface area contributed by atoms with Crippen LogP contribution in [0.15, 0.2) is 40.9 Å². The molecule has 0 radical (unpaired) electrons. The second kappa shape index (κ2) is 8.49. The van der Waals surface area contributed by atoms with Gasteiger partial charge in [0.05, 0.1) is 10.0 Å². The van der Waals surface area contributed by atoms with E-state index in [4.69, 9.17) is 4.74 Å². The molecule has 1 fully saturated rings. The van der Waals surface area contributed by atoms with Gasteiger partial charge in [0.25, 0.3) is 0 Å². The van der Waals surface area contributed by atoms with Crippen molar-refractivity contribution in [1.82, 2.24) is 5.32 Å². The van der Waals surface area contributed by atoms with Crippen molar-refractivity contribution in [3.8, 4) is 17.6 Å². The molecule has 0 aliphatic carbocycles. The number of halogens is 2. The van der Waals surface area contributed by atoms with Crippen LogP contribution in [0.4, 0.5) is 4.39 Å². The lowest BCUT2D eigenvalue weighted by molar-refractivity contribution is 0.0864. The summed E-state index contributed by atoms with van der Waals surface area (Å²) in [6.45, 7) is 8.58. The fraction of sp³-hybridized carbons (Fsp3) is 0.417. The summed E-state index contributed by atoms with van der Waals surface area (Å²) >= 11 is 3.32. The maximum Gasteiger partial charge on any atom is 0.177 e. The highest BCUT2D eigenvalue weighted by molar-refractivity contribution is 9.10. The molecule has 1 heterocycles. The van der Waals surface area contributed by atoms with Gasteiger partial charge in [-0.2, -0.15) is 5.26 Å². The van der Waals surface area contributed by atoms with Gasteiger partial charge in [0, 0.05) is 23.1 Å². The van der Waals surface area contributed by atoms with Gasteiger partial charge in [0.2, 0.25) is 0 Å². The van der Waals surface area contributed by atoms with Crippen molar-refractivity contribution in [1.29, 1.82) is 5.26 Å². The van der Waals surface area contributed by atoms with Gasteiger partial charge < -0.3 is 10.1 Å². The largest absolute Gasteiger partial charge is 0.452 e. The molecule has 6 heteroatoms. The van der Waals surface area contributed by atoms with Crippen molar-refractivity contribution in [2.45, 2.75) is 58.0 Å². The molecule has 0 bridgehead atoms. The predicted molar refractivity (Wildman–Crippen MR) is 118 cm³/mol. The van der Waals surface area contributed by atoms with E-state index in [1.54, 1.807) is 30.3 Å². The summed E-state index contributed by atoms with van der Waals surface area (Å²) in [5.74, 6) is -0.288. The Bertz CT molecular complexity index is 972. The van der Waals surface area contributed by atoms with E-state index in [0.29, 0.717) is 22.0 Å². The molecule has 0 aromatic heterocycles. The molecule has 2 aromatic carbocycles. The number of carbonyl (C=O) groups excluding carboxylic acids is 1. The number of hydrogen-bond donors (Lipinski definition) is 1. The van der Waals surface area contributed by atoms with Gasteiger partial charge in [-0.1, -0.05) is 12.1 Å². The van der Waals surface area contributed by atoms with E-state index in [0.717, 1.165) is 12.8 Å². The van der Waals surface area contributed by atoms with Crippen molar-refractivity contribution in [2.75, 3.05) is 0 Å². The number of carbonyl (C=O) groups is 1. The van der Waals surface area contributed by atoms with Crippen LogP contribution in [0.1, 0.15) is 62.9 Å². The molecule has 1 N–H and O–H groups in total. The van der Waals surface area contributed by atoms with Gasteiger partial charge in [0.15, 0.2) is 17.3 Å². The van der Waals surface area contributed by atoms with Gasteiger partial charge in [-0.15, -0.1) is 0 Å². The molecule has 0 spiro atoms. The Morgan fingerprint density at radius 1 is 1.23 bits per heavy atom. The minimum absolute atomic E-state index is 0.0432. The second-order valence-electron chi connectivity index (χ2n) is 9.27. The van der Waals surface area contributed by atoms with Gasteiger partial charge >= 0.3 is 0 Å². The zero-order chi connectivity index (χ0) is 22.1. The average molecular weight is 473 g/mol. The highest BCUT2D eigenvalue weighted by atomic mass is 79.9. The molecule has 0 unspecified atom stereocenters. The second-order valence-corrected chi connectivity index (χ2v) is 10.1. The number of para-hydroxylation sites is 1. The van der Waals surface area contributed by atoms with Crippen LogP contribution in [0, 0.1) is 23.1 Å². The van der Waals surface area contributed by atoms with E-state index in [-0.39, 0.29) is 34.3 Å². The van der Waals surface area contributed by atoms with Crippen LogP contribution in [-0.4, -0.2) is 16.9 Å². The summed E-state index contributed by atoms with van der Waals surface area (Å²) in [5, 5.41) is 12.8. The Balaban J connectivity index is 1.79. The lowest BCUT2D eigenvalue weighted by atomic mass is 9.74. The molecule has 2 aromatic rings. The predicted octanol–water partition coefficient (Wildman–Crippen LogP) is 6.38. The quantitative estimate of drug-likeness (QED) is 0.512. The molecular weight excluding hydrogens is 447 g/mol. The van der Waals surface area contributed by atoms with Gasteiger partial charge in [-0.3, -0.25) is 4.79 Å². The van der Waals surface area contributed by atoms with E-state index < -0.39 is 5.82 Å². The number of ether oxygens (including phenoxy) is 1. The van der Waals surface area contributed by atoms with Crippen LogP contribution >= 0.6 is 15.9 Å². The standard InChI is InChI=1S/C24H26BrFN2O2/c1-23(2)12-15(13-24(3,4)28-23)9-20(29)17-10-18(25)22(19(26)11-17)30-21-8-6-5-7-16(21)14-27/h5-8,10-11,15,28H,9,12-13H2,1-4H3. The number of piperidine rings is 1. The summed E-state index contributed by atoms with van der Waals surface area (Å²) in [6, 6.07) is 11.4. The maximum absolute atomic E-state index is 14.8. The van der Waals surface area contributed by atoms with Crippen molar-refractivity contribution >= 4 is 21.7 Å². The number of nitriles is 1. The number of nitrogens with one attached hydrogen (secondary N) is 1. The molecule has 3 rings (SSSR count). The SMILES string of the molecule is CC1(C)CC(CC(=O)c2cc(F)c(Oc3ccccc3C#N)c(Br)c2)CC(C)(C)N1. The highest BCUT2D eigenvalue weighted by Gasteiger charge is 2.38. The number of ketones is 1. The van der Waals surface area contributed by atoms with Crippen LogP contribution in [0.2, 0.25) is 0 Å². The topological polar surface area (TPSA) is 62.1 Å². The first-order valence-electron chi connectivity index (χ1n) is 9.98. The third-order valence-corrected chi connectivity index (χ3v) is 5.88. The number of nitrogens with zero attached hydrogens (tertiary/aromatic N) is 1. The molecule has 4 nitrogen and oxygen atoms in total. The van der Waals surface area contributed by atoms with Crippen LogP contribution in [0.25, 0.3) is 0 Å². The lowest BCUT2D eigenvalue weighted by Crippen LogP contribution is -2.57. The summed E-state index contributed by atoms with van der Waals surface area (Å²) in [4.78, 5) is 12.9. The van der Waals surface area contributed by atoms with Crippen LogP contribution in [0.3, 0.4) is 0 Å². The molecule has 158 valence electrons. The van der Waals surface area contributed by atoms with E-state index in [2.05, 4.69) is 48.9 Å². The third kappa shape index (κ3) is 5.27. The smallest absolute Gasteiger partial charge is 0.177 e. The highest BCUT2D eigenvalue weighted by Crippen LogP contribution is 2.37. The Hall–Kier alpha value is -2.23. The number of Topliss-reactive ketones (excluding diaryl/α,β-unsaturated/α-hetero) is 1. The molecule has 1 aliphatic heterocycles. The molecule has 0 atom stereocenters. The molecular formula is C24H26BrFN2O2. The van der Waals surface area contributed by atoms with E-state index in [9.17, 15) is 14.4 Å². The molecule has 1 saturated heterocycles. The van der Waals surface area contributed by atoms with Crippen LogP contribution < -0.4 is 10.1 Å². The first kappa shape index (κ1) is 22.5. The van der Waals surface area contributed by atoms with Gasteiger partial charge in [0.1, 0.15) is 11.8 Å². The first-order valence-corrected chi connectivity index (χ1v) is 10.8. The number of rotatable bonds is 5. The lowest BCUT2D eigenvalue weighted by Gasteiger charge is -2.46. The van der Waals surface area contributed by atoms with Crippen LogP contribution in [-0.2, 0) is 0 Å². The third-order valence-electron chi connectivity index (χ3n) is 5.29. The Labute approximate surface area is 185 Å². The van der Waals surface area contributed by atoms with Crippen molar-refractivity contribution in [3.63, 3.8) is 0 Å². The summed E-state index contributed by atoms with van der Waals surface area (Å²) < 4.78 is 20.8. The summed E-state index contributed by atoms with van der Waals surface area (Å²) in [6.07, 6.45) is 2.15. The Morgan fingerprint density at radius 3 is 2.47 bits per heavy atom. The monoisotopic (exact) mass is 472 g/mol. The summed E-state index contributed by atoms with van der Waals surface area (Å²) in [5.41, 5.74) is 0.517. The molecule has 30 heavy (non-hydrogen) atoms. The van der Waals surface area contributed by atoms with Crippen molar-refractivity contribution in [3.05, 3.63) is 57.8 Å². The summed E-state index contributed by atoms with van der Waals surface area (Å²) in [7, 11) is 0. The zero-order valence-electron chi connectivity index (χ0n) is 17.7. The maximum atomic E-state index is 14.8. The Morgan fingerprint density at radius 2 is 1.87 bits per heavy atom. The minimum atomic E-state index is -0.647. The van der Waals surface area contributed by atoms with Crippen LogP contribution in [0.5, 0.6) is 11.5 Å². The van der Waals surface area contributed by atoms with Gasteiger partial charge in [-0.05, 0) is 86.6 Å². The van der Waals surface area contributed by atoms with Gasteiger partial charge in [-0.25, -0.2) is 4.39 Å². The molecule has 0 amide bonds. The van der Waals surface area contributed by atoms with Crippen molar-refractivity contribution < 1.29 is 13.9 Å². The minimum Gasteiger partial charge on any atom is -0.452 e. The average Bonchev–Trinajstić information content (AvgIpc) is 2.62.